The first kappa shape index (κ1) is 20.3. The van der Waals surface area contributed by atoms with Crippen LogP contribution in [0.15, 0.2) is 60.0 Å². The number of hydrogen-bond acceptors (Lipinski definition) is 4. The Morgan fingerprint density at radius 3 is 2.53 bits per heavy atom. The quantitative estimate of drug-likeness (QED) is 0.384. The zero-order valence-electron chi connectivity index (χ0n) is 17.3. The maximum Gasteiger partial charge on any atom is 0.271 e. The number of H-pyrrole nitrogens is 1. The molecule has 1 amide bonds. The largest absolute Gasteiger partial charge is 0.342 e. The number of thiazole rings is 1. The molecule has 0 atom stereocenters. The van der Waals surface area contributed by atoms with Crippen molar-refractivity contribution in [3.63, 3.8) is 0 Å². The number of unbranched alkanes of at least 4 members (excludes halogenated alkanes) is 1. The van der Waals surface area contributed by atoms with E-state index in [1.165, 1.54) is 0 Å². The smallest absolute Gasteiger partial charge is 0.271 e. The van der Waals surface area contributed by atoms with E-state index in [0.717, 1.165) is 53.1 Å². The fourth-order valence-corrected chi connectivity index (χ4v) is 4.32. The Balaban J connectivity index is 1.28. The van der Waals surface area contributed by atoms with E-state index in [-0.39, 0.29) is 5.91 Å². The summed E-state index contributed by atoms with van der Waals surface area (Å²) < 4.78 is 0. The van der Waals surface area contributed by atoms with E-state index in [1.807, 2.05) is 73.8 Å². The second kappa shape index (κ2) is 8.79. The molecule has 2 heterocycles. The lowest BCUT2D eigenvalue weighted by atomic mass is 9.94. The van der Waals surface area contributed by atoms with Crippen LogP contribution in [-0.2, 0) is 18.4 Å². The van der Waals surface area contributed by atoms with Crippen molar-refractivity contribution in [3.05, 3.63) is 82.1 Å². The van der Waals surface area contributed by atoms with Crippen molar-refractivity contribution in [3.8, 4) is 0 Å². The Morgan fingerprint density at radius 2 is 1.73 bits per heavy atom. The summed E-state index contributed by atoms with van der Waals surface area (Å²) in [7, 11) is 0. The van der Waals surface area contributed by atoms with Gasteiger partial charge in [0.1, 0.15) is 11.5 Å². The molecule has 2 aromatic heterocycles. The summed E-state index contributed by atoms with van der Waals surface area (Å²) in [6.07, 6.45) is 3.84. The maximum atomic E-state index is 12.7. The SMILES string of the molecule is CC(C)(NC(=O)c1csc(CCCCc2nc3ccccc3[nH]2)n1)c1ccccc1. The van der Waals surface area contributed by atoms with Crippen molar-refractivity contribution in [1.82, 2.24) is 20.3 Å². The van der Waals surface area contributed by atoms with Gasteiger partial charge < -0.3 is 10.3 Å². The van der Waals surface area contributed by atoms with E-state index < -0.39 is 5.54 Å². The lowest BCUT2D eigenvalue weighted by molar-refractivity contribution is 0.0907. The van der Waals surface area contributed by atoms with Gasteiger partial charge in [0.15, 0.2) is 0 Å². The van der Waals surface area contributed by atoms with Gasteiger partial charge in [0.2, 0.25) is 0 Å². The molecule has 154 valence electrons. The lowest BCUT2D eigenvalue weighted by Crippen LogP contribution is -2.41. The van der Waals surface area contributed by atoms with Gasteiger partial charge in [-0.2, -0.15) is 0 Å². The molecule has 6 heteroatoms. The first-order valence-electron chi connectivity index (χ1n) is 10.3. The molecule has 0 saturated heterocycles. The molecule has 4 aromatic rings. The van der Waals surface area contributed by atoms with Crippen molar-refractivity contribution in [2.75, 3.05) is 0 Å². The molecule has 30 heavy (non-hydrogen) atoms. The van der Waals surface area contributed by atoms with E-state index in [1.54, 1.807) is 11.3 Å². The van der Waals surface area contributed by atoms with Gasteiger partial charge in [-0.05, 0) is 50.8 Å². The summed E-state index contributed by atoms with van der Waals surface area (Å²) in [6.45, 7) is 4.01. The highest BCUT2D eigenvalue weighted by Gasteiger charge is 2.24. The minimum Gasteiger partial charge on any atom is -0.342 e. The fraction of sp³-hybridized carbons (Fsp3) is 0.292. The van der Waals surface area contributed by atoms with Crippen LogP contribution in [0.5, 0.6) is 0 Å². The van der Waals surface area contributed by atoms with Crippen molar-refractivity contribution >= 4 is 28.3 Å². The number of aryl methyl sites for hydroxylation is 2. The average Bonchev–Trinajstić information content (AvgIpc) is 3.38. The number of nitrogens with one attached hydrogen (secondary N) is 2. The minimum atomic E-state index is -0.450. The third kappa shape index (κ3) is 4.76. The molecule has 2 N–H and O–H groups in total. The highest BCUT2D eigenvalue weighted by atomic mass is 32.1. The second-order valence-electron chi connectivity index (χ2n) is 7.98. The number of aromatic amines is 1. The molecule has 5 nitrogen and oxygen atoms in total. The summed E-state index contributed by atoms with van der Waals surface area (Å²) in [5, 5.41) is 5.95. The van der Waals surface area contributed by atoms with Crippen molar-refractivity contribution in [2.24, 2.45) is 0 Å². The monoisotopic (exact) mass is 418 g/mol. The van der Waals surface area contributed by atoms with Gasteiger partial charge in [-0.1, -0.05) is 42.5 Å². The normalized spacial score (nSPS) is 11.7. The van der Waals surface area contributed by atoms with Crippen LogP contribution in [-0.4, -0.2) is 20.9 Å². The molecule has 2 aromatic carbocycles. The molecule has 0 saturated carbocycles. The zero-order valence-corrected chi connectivity index (χ0v) is 18.1. The molecule has 0 spiro atoms. The zero-order chi connectivity index (χ0) is 21.0. The molecule has 0 fully saturated rings. The predicted octanol–water partition coefficient (Wildman–Crippen LogP) is 5.25. The summed E-state index contributed by atoms with van der Waals surface area (Å²) in [6, 6.07) is 18.1. The van der Waals surface area contributed by atoms with E-state index in [2.05, 4.69) is 20.3 Å². The maximum absolute atomic E-state index is 12.7. The number of para-hydroxylation sites is 2. The molecule has 0 aliphatic rings. The average molecular weight is 419 g/mol. The minimum absolute atomic E-state index is 0.131. The van der Waals surface area contributed by atoms with Gasteiger partial charge in [-0.25, -0.2) is 9.97 Å². The van der Waals surface area contributed by atoms with Gasteiger partial charge >= 0.3 is 0 Å². The number of nitrogens with zero attached hydrogens (tertiary/aromatic N) is 2. The Bertz CT molecular complexity index is 1100. The first-order chi connectivity index (χ1) is 14.5. The molecular weight excluding hydrogens is 392 g/mol. The van der Waals surface area contributed by atoms with Crippen molar-refractivity contribution < 1.29 is 4.79 Å². The van der Waals surface area contributed by atoms with Crippen molar-refractivity contribution in [2.45, 2.75) is 45.1 Å². The Kier molecular flexibility index (Phi) is 5.95. The van der Waals surface area contributed by atoms with Gasteiger partial charge in [-0.3, -0.25) is 4.79 Å². The van der Waals surface area contributed by atoms with Crippen LogP contribution in [0, 0.1) is 0 Å². The number of amides is 1. The molecule has 4 rings (SSSR count). The number of aromatic nitrogens is 3. The molecule has 0 unspecified atom stereocenters. The van der Waals surface area contributed by atoms with Crippen LogP contribution >= 0.6 is 11.3 Å². The third-order valence-corrected chi connectivity index (χ3v) is 6.11. The van der Waals surface area contributed by atoms with Crippen LogP contribution in [0.2, 0.25) is 0 Å². The molecular formula is C24H26N4OS. The second-order valence-corrected chi connectivity index (χ2v) is 8.92. The van der Waals surface area contributed by atoms with Gasteiger partial charge in [0.05, 0.1) is 21.6 Å². The van der Waals surface area contributed by atoms with Gasteiger partial charge in [0.25, 0.3) is 5.91 Å². The topological polar surface area (TPSA) is 70.7 Å². The highest BCUT2D eigenvalue weighted by molar-refractivity contribution is 7.09. The Labute approximate surface area is 180 Å². The Hall–Kier alpha value is -2.99. The summed E-state index contributed by atoms with van der Waals surface area (Å²) in [5.74, 6) is 0.896. The number of fused-ring (bicyclic) bond motifs is 1. The van der Waals surface area contributed by atoms with Crippen molar-refractivity contribution in [1.29, 1.82) is 0 Å². The Morgan fingerprint density at radius 1 is 1.00 bits per heavy atom. The first-order valence-corrected chi connectivity index (χ1v) is 11.2. The number of hydrogen-bond donors (Lipinski definition) is 2. The lowest BCUT2D eigenvalue weighted by Gasteiger charge is -2.26. The molecule has 0 aliphatic heterocycles. The number of carbonyl (C=O) groups is 1. The van der Waals surface area contributed by atoms with Crippen LogP contribution in [0.3, 0.4) is 0 Å². The van der Waals surface area contributed by atoms with Crippen LogP contribution in [0.1, 0.15) is 53.6 Å². The van der Waals surface area contributed by atoms with Crippen LogP contribution < -0.4 is 5.32 Å². The summed E-state index contributed by atoms with van der Waals surface area (Å²) >= 11 is 1.55. The predicted molar refractivity (Wildman–Crippen MR) is 122 cm³/mol. The number of rotatable bonds is 8. The van der Waals surface area contributed by atoms with Crippen LogP contribution in [0.4, 0.5) is 0 Å². The molecule has 0 radical (unpaired) electrons. The number of benzene rings is 2. The summed E-state index contributed by atoms with van der Waals surface area (Å²) in [5.41, 5.74) is 3.22. The highest BCUT2D eigenvalue weighted by Crippen LogP contribution is 2.21. The standard InChI is InChI=1S/C24H26N4OS/c1-24(2,17-10-4-3-5-11-17)28-23(29)20-16-30-22(27-20)15-9-8-14-21-25-18-12-6-7-13-19(18)26-21/h3-7,10-13,16H,8-9,14-15H2,1-2H3,(H,25,26)(H,28,29). The number of imidazole rings is 1. The van der Waals surface area contributed by atoms with Crippen LogP contribution in [0.25, 0.3) is 11.0 Å². The van der Waals surface area contributed by atoms with E-state index >= 15 is 0 Å². The number of carbonyl (C=O) groups excluding carboxylic acids is 1. The van der Waals surface area contributed by atoms with E-state index in [0.29, 0.717) is 5.69 Å². The third-order valence-electron chi connectivity index (χ3n) is 5.20. The molecule has 0 aliphatic carbocycles. The van der Waals surface area contributed by atoms with Gasteiger partial charge in [0, 0.05) is 11.8 Å². The van der Waals surface area contributed by atoms with E-state index in [9.17, 15) is 4.79 Å². The fourth-order valence-electron chi connectivity index (χ4n) is 3.50. The van der Waals surface area contributed by atoms with Gasteiger partial charge in [-0.15, -0.1) is 11.3 Å². The molecule has 0 bridgehead atoms. The van der Waals surface area contributed by atoms with E-state index in [4.69, 9.17) is 0 Å². The summed E-state index contributed by atoms with van der Waals surface area (Å²) in [4.78, 5) is 25.2.